The SMILES string of the molecule is COc1cc(Br)cc(C2NC(=S)NC(C)=C2C(=O)N(C)C)c1OC. The van der Waals surface area contributed by atoms with Crippen LogP contribution >= 0.6 is 28.1 Å². The highest BCUT2D eigenvalue weighted by Gasteiger charge is 2.33. The minimum atomic E-state index is -0.449. The lowest BCUT2D eigenvalue weighted by Gasteiger charge is -2.32. The molecule has 6 nitrogen and oxygen atoms in total. The minimum absolute atomic E-state index is 0.110. The van der Waals surface area contributed by atoms with Crippen molar-refractivity contribution in [2.24, 2.45) is 0 Å². The van der Waals surface area contributed by atoms with E-state index in [0.29, 0.717) is 27.9 Å². The number of carbonyl (C=O) groups excluding carboxylic acids is 1. The number of hydrogen-bond acceptors (Lipinski definition) is 4. The number of methoxy groups -OCH3 is 2. The van der Waals surface area contributed by atoms with Gasteiger partial charge in [0.05, 0.1) is 25.8 Å². The van der Waals surface area contributed by atoms with Crippen LogP contribution < -0.4 is 20.1 Å². The Morgan fingerprint density at radius 3 is 2.50 bits per heavy atom. The van der Waals surface area contributed by atoms with Crippen molar-refractivity contribution in [1.29, 1.82) is 0 Å². The average molecular weight is 414 g/mol. The smallest absolute Gasteiger partial charge is 0.253 e. The molecule has 1 aromatic rings. The van der Waals surface area contributed by atoms with E-state index in [0.717, 1.165) is 10.0 Å². The molecule has 0 saturated heterocycles. The summed E-state index contributed by atoms with van der Waals surface area (Å²) in [5.74, 6) is 1.02. The van der Waals surface area contributed by atoms with Crippen molar-refractivity contribution >= 4 is 39.2 Å². The molecule has 1 aliphatic rings. The van der Waals surface area contributed by atoms with E-state index >= 15 is 0 Å². The van der Waals surface area contributed by atoms with Gasteiger partial charge in [-0.15, -0.1) is 0 Å². The summed E-state index contributed by atoms with van der Waals surface area (Å²) in [6.45, 7) is 1.83. The summed E-state index contributed by atoms with van der Waals surface area (Å²) >= 11 is 8.75. The lowest BCUT2D eigenvalue weighted by molar-refractivity contribution is -0.125. The highest BCUT2D eigenvalue weighted by atomic mass is 79.9. The standard InChI is InChI=1S/C16H20BrN3O3S/c1-8-12(15(21)20(2)3)13(19-16(24)18-8)10-6-9(17)7-11(22-4)14(10)23-5/h6-7,13H,1-5H3,(H2,18,19,24). The summed E-state index contributed by atoms with van der Waals surface area (Å²) in [6, 6.07) is 3.25. The highest BCUT2D eigenvalue weighted by Crippen LogP contribution is 2.41. The molecule has 24 heavy (non-hydrogen) atoms. The van der Waals surface area contributed by atoms with E-state index in [9.17, 15) is 4.79 Å². The number of hydrogen-bond donors (Lipinski definition) is 2. The van der Waals surface area contributed by atoms with Crippen molar-refractivity contribution in [3.05, 3.63) is 33.4 Å². The van der Waals surface area contributed by atoms with E-state index in [1.807, 2.05) is 19.1 Å². The predicted octanol–water partition coefficient (Wildman–Crippen LogP) is 2.35. The van der Waals surface area contributed by atoms with Crippen LogP contribution in [0.5, 0.6) is 11.5 Å². The van der Waals surface area contributed by atoms with Crippen molar-refractivity contribution in [3.63, 3.8) is 0 Å². The summed E-state index contributed by atoms with van der Waals surface area (Å²) in [7, 11) is 6.57. The van der Waals surface area contributed by atoms with Gasteiger partial charge in [-0.25, -0.2) is 0 Å². The number of rotatable bonds is 4. The number of allylic oxidation sites excluding steroid dienone is 1. The van der Waals surface area contributed by atoms with Gasteiger partial charge in [0.25, 0.3) is 5.91 Å². The Morgan fingerprint density at radius 2 is 1.96 bits per heavy atom. The van der Waals surface area contributed by atoms with Gasteiger partial charge in [0.15, 0.2) is 16.6 Å². The van der Waals surface area contributed by atoms with Gasteiger partial charge in [-0.05, 0) is 31.3 Å². The highest BCUT2D eigenvalue weighted by molar-refractivity contribution is 9.10. The molecule has 1 unspecified atom stereocenters. The lowest BCUT2D eigenvalue weighted by Crippen LogP contribution is -2.46. The molecule has 1 atom stereocenters. The van der Waals surface area contributed by atoms with Crippen LogP contribution in [0.2, 0.25) is 0 Å². The maximum absolute atomic E-state index is 12.7. The van der Waals surface area contributed by atoms with Crippen molar-refractivity contribution in [2.45, 2.75) is 13.0 Å². The molecule has 0 radical (unpaired) electrons. The molecule has 2 rings (SSSR count). The molecule has 0 fully saturated rings. The Kier molecular flexibility index (Phi) is 5.71. The second kappa shape index (κ2) is 7.40. The van der Waals surface area contributed by atoms with Crippen molar-refractivity contribution < 1.29 is 14.3 Å². The summed E-state index contributed by atoms with van der Waals surface area (Å²) in [6.07, 6.45) is 0. The van der Waals surface area contributed by atoms with Crippen LogP contribution in [-0.2, 0) is 4.79 Å². The molecule has 1 amide bonds. The Hall–Kier alpha value is -1.80. The zero-order chi connectivity index (χ0) is 18.0. The first-order valence-electron chi connectivity index (χ1n) is 7.21. The maximum atomic E-state index is 12.7. The molecule has 0 spiro atoms. The van der Waals surface area contributed by atoms with E-state index in [1.165, 1.54) is 4.90 Å². The Labute approximate surface area is 155 Å². The quantitative estimate of drug-likeness (QED) is 0.738. The monoisotopic (exact) mass is 413 g/mol. The van der Waals surface area contributed by atoms with Gasteiger partial charge in [0.1, 0.15) is 0 Å². The number of benzene rings is 1. The molecule has 1 heterocycles. The van der Waals surface area contributed by atoms with Crippen LogP contribution in [0.15, 0.2) is 27.9 Å². The van der Waals surface area contributed by atoms with Crippen LogP contribution in [0.4, 0.5) is 0 Å². The van der Waals surface area contributed by atoms with Gasteiger partial charge in [0.2, 0.25) is 0 Å². The van der Waals surface area contributed by atoms with Crippen molar-refractivity contribution in [1.82, 2.24) is 15.5 Å². The van der Waals surface area contributed by atoms with Crippen molar-refractivity contribution in [3.8, 4) is 11.5 Å². The van der Waals surface area contributed by atoms with Gasteiger partial charge in [-0.2, -0.15) is 0 Å². The normalized spacial score (nSPS) is 17.1. The second-order valence-electron chi connectivity index (χ2n) is 5.50. The van der Waals surface area contributed by atoms with Gasteiger partial charge in [-0.1, -0.05) is 15.9 Å². The summed E-state index contributed by atoms with van der Waals surface area (Å²) in [5, 5.41) is 6.63. The second-order valence-corrected chi connectivity index (χ2v) is 6.82. The molecular formula is C16H20BrN3O3S. The molecule has 8 heteroatoms. The molecule has 130 valence electrons. The lowest BCUT2D eigenvalue weighted by atomic mass is 9.93. The van der Waals surface area contributed by atoms with Crippen LogP contribution in [0.3, 0.4) is 0 Å². The number of halogens is 1. The first-order chi connectivity index (χ1) is 11.3. The van der Waals surface area contributed by atoms with E-state index < -0.39 is 6.04 Å². The van der Waals surface area contributed by atoms with Crippen LogP contribution in [0.25, 0.3) is 0 Å². The van der Waals surface area contributed by atoms with Gasteiger partial charge in [0, 0.05) is 29.8 Å². The molecular weight excluding hydrogens is 394 g/mol. The number of ether oxygens (including phenoxy) is 2. The fourth-order valence-corrected chi connectivity index (χ4v) is 3.35. The number of thiocarbonyl (C=S) groups is 1. The predicted molar refractivity (Wildman–Crippen MR) is 100 cm³/mol. The molecule has 0 saturated carbocycles. The zero-order valence-electron chi connectivity index (χ0n) is 14.2. The minimum Gasteiger partial charge on any atom is -0.493 e. The summed E-state index contributed by atoms with van der Waals surface area (Å²) in [4.78, 5) is 14.2. The Morgan fingerprint density at radius 1 is 1.29 bits per heavy atom. The first kappa shape index (κ1) is 18.5. The molecule has 1 aromatic carbocycles. The Bertz CT molecular complexity index is 719. The van der Waals surface area contributed by atoms with Gasteiger partial charge >= 0.3 is 0 Å². The largest absolute Gasteiger partial charge is 0.493 e. The van der Waals surface area contributed by atoms with Crippen LogP contribution in [-0.4, -0.2) is 44.2 Å². The van der Waals surface area contributed by atoms with E-state index in [4.69, 9.17) is 21.7 Å². The van der Waals surface area contributed by atoms with Crippen LogP contribution in [0, 0.1) is 0 Å². The fourth-order valence-electron chi connectivity index (χ4n) is 2.62. The van der Waals surface area contributed by atoms with E-state index in [-0.39, 0.29) is 5.91 Å². The topological polar surface area (TPSA) is 62.8 Å². The molecule has 2 N–H and O–H groups in total. The third kappa shape index (κ3) is 3.49. The summed E-state index contributed by atoms with van der Waals surface area (Å²) < 4.78 is 11.8. The maximum Gasteiger partial charge on any atom is 0.253 e. The van der Waals surface area contributed by atoms with Crippen LogP contribution in [0.1, 0.15) is 18.5 Å². The number of nitrogens with one attached hydrogen (secondary N) is 2. The number of likely N-dealkylation sites (N-methyl/N-ethyl adjacent to an activating group) is 1. The summed E-state index contributed by atoms with van der Waals surface area (Å²) in [5.41, 5.74) is 2.05. The number of nitrogens with zero attached hydrogens (tertiary/aromatic N) is 1. The third-order valence-corrected chi connectivity index (χ3v) is 4.37. The number of carbonyl (C=O) groups is 1. The molecule has 1 aliphatic heterocycles. The van der Waals surface area contributed by atoms with Gasteiger partial charge < -0.3 is 25.0 Å². The van der Waals surface area contributed by atoms with Crippen molar-refractivity contribution in [2.75, 3.05) is 28.3 Å². The van der Waals surface area contributed by atoms with Gasteiger partial charge in [-0.3, -0.25) is 4.79 Å². The van der Waals surface area contributed by atoms with E-state index in [1.54, 1.807) is 28.3 Å². The third-order valence-electron chi connectivity index (χ3n) is 3.69. The molecule has 0 aliphatic carbocycles. The zero-order valence-corrected chi connectivity index (χ0v) is 16.6. The fraction of sp³-hybridized carbons (Fsp3) is 0.375. The molecule has 0 bridgehead atoms. The molecule has 0 aromatic heterocycles. The number of amides is 1. The first-order valence-corrected chi connectivity index (χ1v) is 8.41. The Balaban J connectivity index is 2.68. The van der Waals surface area contributed by atoms with E-state index in [2.05, 4.69) is 26.6 Å². The average Bonchev–Trinajstić information content (AvgIpc) is 2.52.